The lowest BCUT2D eigenvalue weighted by Gasteiger charge is -2.36. The van der Waals surface area contributed by atoms with Crippen molar-refractivity contribution in [3.63, 3.8) is 0 Å². The molecule has 1 amide bonds. The number of thioether (sulfide) groups is 1. The summed E-state index contributed by atoms with van der Waals surface area (Å²) >= 11 is 1.41. The van der Waals surface area contributed by atoms with Crippen LogP contribution in [-0.2, 0) is 4.79 Å². The van der Waals surface area contributed by atoms with Gasteiger partial charge in [0, 0.05) is 18.5 Å². The first kappa shape index (κ1) is 17.8. The van der Waals surface area contributed by atoms with Crippen molar-refractivity contribution in [3.8, 4) is 0 Å². The molecule has 1 aliphatic carbocycles. The fourth-order valence-corrected chi connectivity index (χ4v) is 4.69. The summed E-state index contributed by atoms with van der Waals surface area (Å²) in [7, 11) is 0. The molecule has 0 spiro atoms. The summed E-state index contributed by atoms with van der Waals surface area (Å²) in [5.74, 6) is 1.39. The van der Waals surface area contributed by atoms with E-state index in [-0.39, 0.29) is 11.2 Å². The molecule has 3 rings (SSSR count). The Morgan fingerprint density at radius 2 is 1.96 bits per heavy atom. The van der Waals surface area contributed by atoms with Crippen LogP contribution in [0.25, 0.3) is 0 Å². The third-order valence-electron chi connectivity index (χ3n) is 5.38. The highest BCUT2D eigenvalue weighted by Gasteiger charge is 2.30. The molecule has 0 bridgehead atoms. The minimum Gasteiger partial charge on any atom is -0.416 e. The van der Waals surface area contributed by atoms with Gasteiger partial charge in [0.15, 0.2) is 0 Å². The zero-order valence-electron chi connectivity index (χ0n) is 14.9. The normalized spacial score (nSPS) is 24.1. The Kier molecular flexibility index (Phi) is 6.19. The Morgan fingerprint density at radius 1 is 1.21 bits per heavy atom. The number of nitrogens with zero attached hydrogens (tertiary/aromatic N) is 3. The van der Waals surface area contributed by atoms with Crippen molar-refractivity contribution < 1.29 is 9.21 Å². The highest BCUT2D eigenvalue weighted by molar-refractivity contribution is 8.00. The van der Waals surface area contributed by atoms with Crippen LogP contribution in [0.15, 0.2) is 9.64 Å². The number of hydrogen-bond acceptors (Lipinski definition) is 5. The zero-order valence-corrected chi connectivity index (χ0v) is 15.7. The molecule has 1 aliphatic heterocycles. The average molecular weight is 352 g/mol. The molecule has 2 atom stereocenters. The summed E-state index contributed by atoms with van der Waals surface area (Å²) in [4.78, 5) is 14.9. The molecule has 0 radical (unpaired) electrons. The summed E-state index contributed by atoms with van der Waals surface area (Å²) in [6, 6.07) is 0.398. The first-order chi connectivity index (χ1) is 11.7. The van der Waals surface area contributed by atoms with Gasteiger partial charge in [0.1, 0.15) is 0 Å². The number of amides is 1. The number of aromatic nitrogens is 2. The van der Waals surface area contributed by atoms with Gasteiger partial charge in [-0.05, 0) is 45.4 Å². The fourth-order valence-electron chi connectivity index (χ4n) is 3.93. The lowest BCUT2D eigenvalue weighted by atomic mass is 9.89. The van der Waals surface area contributed by atoms with Gasteiger partial charge in [0.2, 0.25) is 11.8 Å². The van der Waals surface area contributed by atoms with Crippen LogP contribution < -0.4 is 0 Å². The molecule has 1 saturated heterocycles. The molecule has 2 aliphatic rings. The van der Waals surface area contributed by atoms with Gasteiger partial charge in [-0.15, -0.1) is 10.2 Å². The number of carbonyl (C=O) groups excluding carboxylic acids is 1. The first-order valence-electron chi connectivity index (χ1n) is 9.49. The zero-order chi connectivity index (χ0) is 16.9. The van der Waals surface area contributed by atoms with E-state index < -0.39 is 0 Å². The fraction of sp³-hybridized carbons (Fsp3) is 0.833. The van der Waals surface area contributed by atoms with E-state index in [0.29, 0.717) is 17.2 Å². The number of piperidine rings is 1. The van der Waals surface area contributed by atoms with Crippen molar-refractivity contribution >= 4 is 17.7 Å². The molecule has 2 heterocycles. The molecule has 24 heavy (non-hydrogen) atoms. The predicted octanol–water partition coefficient (Wildman–Crippen LogP) is 4.39. The number of hydrogen-bond donors (Lipinski definition) is 0. The van der Waals surface area contributed by atoms with Gasteiger partial charge in [0.25, 0.3) is 5.22 Å². The second kappa shape index (κ2) is 8.37. The SMILES string of the molecule is CCC1CCCCN1C(=O)C(C)Sc1nnc(C2CCCCC2)o1. The molecule has 5 nitrogen and oxygen atoms in total. The smallest absolute Gasteiger partial charge is 0.277 e. The topological polar surface area (TPSA) is 59.2 Å². The molecule has 1 aromatic heterocycles. The Labute approximate surface area is 149 Å². The van der Waals surface area contributed by atoms with E-state index in [1.807, 2.05) is 6.92 Å². The van der Waals surface area contributed by atoms with E-state index in [9.17, 15) is 4.79 Å². The molecule has 0 aromatic carbocycles. The maximum Gasteiger partial charge on any atom is 0.277 e. The van der Waals surface area contributed by atoms with Gasteiger partial charge < -0.3 is 9.32 Å². The molecule has 6 heteroatoms. The predicted molar refractivity (Wildman–Crippen MR) is 95.1 cm³/mol. The van der Waals surface area contributed by atoms with Crippen molar-refractivity contribution in [2.45, 2.75) is 94.1 Å². The largest absolute Gasteiger partial charge is 0.416 e. The van der Waals surface area contributed by atoms with Crippen molar-refractivity contribution in [3.05, 3.63) is 5.89 Å². The van der Waals surface area contributed by atoms with Gasteiger partial charge in [-0.2, -0.15) is 0 Å². The molecule has 1 saturated carbocycles. The Balaban J connectivity index is 1.58. The van der Waals surface area contributed by atoms with E-state index in [1.54, 1.807) is 0 Å². The number of likely N-dealkylation sites (tertiary alicyclic amines) is 1. The number of carbonyl (C=O) groups is 1. The molecule has 1 aromatic rings. The lowest BCUT2D eigenvalue weighted by Crippen LogP contribution is -2.46. The van der Waals surface area contributed by atoms with Gasteiger partial charge in [0.05, 0.1) is 5.25 Å². The minimum atomic E-state index is -0.170. The van der Waals surface area contributed by atoms with Crippen molar-refractivity contribution in [2.24, 2.45) is 0 Å². The summed E-state index contributed by atoms with van der Waals surface area (Å²) in [5, 5.41) is 8.78. The van der Waals surface area contributed by atoms with Crippen molar-refractivity contribution in [1.82, 2.24) is 15.1 Å². The monoisotopic (exact) mass is 351 g/mol. The second-order valence-electron chi connectivity index (χ2n) is 7.09. The Hall–Kier alpha value is -1.04. The van der Waals surface area contributed by atoms with Gasteiger partial charge in [-0.25, -0.2) is 0 Å². The van der Waals surface area contributed by atoms with E-state index >= 15 is 0 Å². The van der Waals surface area contributed by atoms with E-state index in [0.717, 1.165) is 44.5 Å². The van der Waals surface area contributed by atoms with Crippen LogP contribution in [0.1, 0.15) is 83.4 Å². The molecule has 0 N–H and O–H groups in total. The molecule has 134 valence electrons. The van der Waals surface area contributed by atoms with Gasteiger partial charge >= 0.3 is 0 Å². The van der Waals surface area contributed by atoms with Crippen LogP contribution >= 0.6 is 11.8 Å². The Morgan fingerprint density at radius 3 is 2.71 bits per heavy atom. The second-order valence-corrected chi connectivity index (χ2v) is 8.38. The molecule has 2 fully saturated rings. The molecular formula is C18H29N3O2S. The maximum atomic E-state index is 12.8. The highest BCUT2D eigenvalue weighted by Crippen LogP contribution is 2.34. The maximum absolute atomic E-state index is 12.8. The summed E-state index contributed by atoms with van der Waals surface area (Å²) in [6.45, 7) is 5.01. The summed E-state index contributed by atoms with van der Waals surface area (Å²) in [6.07, 6.45) is 10.6. The minimum absolute atomic E-state index is 0.170. The van der Waals surface area contributed by atoms with E-state index in [1.165, 1.54) is 37.4 Å². The standard InChI is InChI=1S/C18H29N3O2S/c1-3-15-11-7-8-12-21(15)17(22)13(2)24-18-20-19-16(23-18)14-9-5-4-6-10-14/h13-15H,3-12H2,1-2H3. The lowest BCUT2D eigenvalue weighted by molar-refractivity contribution is -0.134. The third kappa shape index (κ3) is 4.13. The van der Waals surface area contributed by atoms with Crippen LogP contribution in [0.5, 0.6) is 0 Å². The summed E-state index contributed by atoms with van der Waals surface area (Å²) < 4.78 is 5.85. The van der Waals surface area contributed by atoms with E-state index in [4.69, 9.17) is 4.42 Å². The van der Waals surface area contributed by atoms with Crippen molar-refractivity contribution in [1.29, 1.82) is 0 Å². The van der Waals surface area contributed by atoms with Crippen LogP contribution in [0, 0.1) is 0 Å². The van der Waals surface area contributed by atoms with Gasteiger partial charge in [-0.3, -0.25) is 4.79 Å². The highest BCUT2D eigenvalue weighted by atomic mass is 32.2. The number of rotatable bonds is 5. The van der Waals surface area contributed by atoms with Crippen LogP contribution in [0.2, 0.25) is 0 Å². The quantitative estimate of drug-likeness (QED) is 0.736. The van der Waals surface area contributed by atoms with E-state index in [2.05, 4.69) is 22.0 Å². The van der Waals surface area contributed by atoms with Crippen molar-refractivity contribution in [2.75, 3.05) is 6.54 Å². The van der Waals surface area contributed by atoms with Crippen LogP contribution in [0.3, 0.4) is 0 Å². The van der Waals surface area contributed by atoms with Crippen LogP contribution in [0.4, 0.5) is 0 Å². The average Bonchev–Trinajstić information content (AvgIpc) is 3.10. The first-order valence-corrected chi connectivity index (χ1v) is 10.4. The van der Waals surface area contributed by atoms with Crippen LogP contribution in [-0.4, -0.2) is 38.8 Å². The molecular weight excluding hydrogens is 322 g/mol. The third-order valence-corrected chi connectivity index (χ3v) is 6.31. The van der Waals surface area contributed by atoms with Gasteiger partial charge in [-0.1, -0.05) is 37.9 Å². The Bertz CT molecular complexity index is 542. The summed E-state index contributed by atoms with van der Waals surface area (Å²) in [5.41, 5.74) is 0. The molecule has 2 unspecified atom stereocenters.